The molecular formula is C11H14N2. The molecule has 0 aliphatic heterocycles. The molecule has 2 heteroatoms. The molecule has 0 fully saturated rings. The molecule has 2 nitrogen and oxygen atoms in total. The molecule has 1 aromatic rings. The molecule has 0 bridgehead atoms. The van der Waals surface area contributed by atoms with Crippen molar-refractivity contribution in [2.75, 3.05) is 0 Å². The molecule has 0 N–H and O–H groups in total. The van der Waals surface area contributed by atoms with Gasteiger partial charge in [0, 0.05) is 7.05 Å². The summed E-state index contributed by atoms with van der Waals surface area (Å²) in [5, 5.41) is 2.05. The smallest absolute Gasteiger partial charge is 0.0955 e. The standard InChI is InChI=1S/C11H14N2/c1-4-6-8-11-10(7-5-2)12-9-13(11)3/h4-9H,2H2,1,3H3/b6-4-,10-7+,11-8+. The first-order valence-corrected chi connectivity index (χ1v) is 4.22. The van der Waals surface area contributed by atoms with Crippen LogP contribution < -0.4 is 10.7 Å². The zero-order valence-corrected chi connectivity index (χ0v) is 8.07. The fraction of sp³-hybridized carbons (Fsp3) is 0.182. The molecule has 0 aromatic carbocycles. The molecule has 0 saturated carbocycles. The van der Waals surface area contributed by atoms with Gasteiger partial charge in [-0.2, -0.15) is 0 Å². The number of aromatic nitrogens is 2. The monoisotopic (exact) mass is 174 g/mol. The molecule has 1 heterocycles. The van der Waals surface area contributed by atoms with Crippen LogP contribution in [-0.2, 0) is 7.05 Å². The number of rotatable bonds is 2. The Bertz CT molecular complexity index is 421. The summed E-state index contributed by atoms with van der Waals surface area (Å²) in [5.41, 5.74) is 0. The van der Waals surface area contributed by atoms with E-state index in [0.717, 1.165) is 10.7 Å². The molecule has 1 aromatic heterocycles. The summed E-state index contributed by atoms with van der Waals surface area (Å²) in [6.07, 6.45) is 11.5. The van der Waals surface area contributed by atoms with Crippen molar-refractivity contribution in [1.29, 1.82) is 0 Å². The van der Waals surface area contributed by atoms with E-state index < -0.39 is 0 Å². The van der Waals surface area contributed by atoms with Crippen molar-refractivity contribution < 1.29 is 0 Å². The quantitative estimate of drug-likeness (QED) is 0.646. The number of nitrogens with zero attached hydrogens (tertiary/aromatic N) is 2. The minimum absolute atomic E-state index is 0.954. The van der Waals surface area contributed by atoms with Crippen molar-refractivity contribution in [1.82, 2.24) is 9.55 Å². The molecular weight excluding hydrogens is 160 g/mol. The number of hydrogen-bond acceptors (Lipinski definition) is 1. The van der Waals surface area contributed by atoms with Crippen LogP contribution in [0.2, 0.25) is 0 Å². The van der Waals surface area contributed by atoms with Crippen molar-refractivity contribution in [3.05, 3.63) is 41.8 Å². The van der Waals surface area contributed by atoms with E-state index in [9.17, 15) is 0 Å². The predicted molar refractivity (Wildman–Crippen MR) is 56.4 cm³/mol. The van der Waals surface area contributed by atoms with Crippen LogP contribution in [0.4, 0.5) is 0 Å². The molecule has 0 aliphatic carbocycles. The lowest BCUT2D eigenvalue weighted by Gasteiger charge is -1.86. The maximum atomic E-state index is 4.23. The van der Waals surface area contributed by atoms with E-state index in [1.54, 1.807) is 12.4 Å². The molecule has 0 unspecified atom stereocenters. The number of hydrogen-bond donors (Lipinski definition) is 0. The summed E-state index contributed by atoms with van der Waals surface area (Å²) in [4.78, 5) is 4.23. The minimum Gasteiger partial charge on any atom is -0.334 e. The maximum Gasteiger partial charge on any atom is 0.0955 e. The third-order valence-electron chi connectivity index (χ3n) is 1.73. The lowest BCUT2D eigenvalue weighted by atomic mass is 10.4. The summed E-state index contributed by atoms with van der Waals surface area (Å²) < 4.78 is 1.98. The van der Waals surface area contributed by atoms with Gasteiger partial charge in [-0.25, -0.2) is 4.98 Å². The van der Waals surface area contributed by atoms with E-state index in [4.69, 9.17) is 0 Å². The lowest BCUT2D eigenvalue weighted by molar-refractivity contribution is 0.881. The largest absolute Gasteiger partial charge is 0.334 e. The highest BCUT2D eigenvalue weighted by Crippen LogP contribution is 1.72. The molecule has 0 radical (unpaired) electrons. The fourth-order valence-corrected chi connectivity index (χ4v) is 1.09. The zero-order chi connectivity index (χ0) is 9.68. The molecule has 0 spiro atoms. The van der Waals surface area contributed by atoms with Gasteiger partial charge >= 0.3 is 0 Å². The lowest BCUT2D eigenvalue weighted by Crippen LogP contribution is -2.28. The number of imidazole rings is 1. The van der Waals surface area contributed by atoms with E-state index in [-0.39, 0.29) is 0 Å². The average molecular weight is 174 g/mol. The van der Waals surface area contributed by atoms with Gasteiger partial charge in [0.2, 0.25) is 0 Å². The predicted octanol–water partition coefficient (Wildman–Crippen LogP) is 0.743. The summed E-state index contributed by atoms with van der Waals surface area (Å²) in [7, 11) is 1.97. The SMILES string of the molecule is C=C/C=c1/ncn(C)/c1=C/C=C\C. The van der Waals surface area contributed by atoms with Crippen LogP contribution in [0.1, 0.15) is 6.92 Å². The fourth-order valence-electron chi connectivity index (χ4n) is 1.09. The normalized spacial score (nSPS) is 14.3. The van der Waals surface area contributed by atoms with Crippen LogP contribution in [0.3, 0.4) is 0 Å². The first-order chi connectivity index (χ1) is 6.29. The molecule has 0 aliphatic rings. The van der Waals surface area contributed by atoms with Gasteiger partial charge in [-0.15, -0.1) is 0 Å². The van der Waals surface area contributed by atoms with E-state index in [1.807, 2.05) is 42.8 Å². The zero-order valence-electron chi connectivity index (χ0n) is 8.07. The Morgan fingerprint density at radius 3 is 2.85 bits per heavy atom. The summed E-state index contributed by atoms with van der Waals surface area (Å²) in [5.74, 6) is 0. The number of allylic oxidation sites excluding steroid dienone is 3. The molecule has 13 heavy (non-hydrogen) atoms. The minimum atomic E-state index is 0.954. The molecule has 68 valence electrons. The van der Waals surface area contributed by atoms with Gasteiger partial charge in [-0.1, -0.05) is 24.8 Å². The van der Waals surface area contributed by atoms with Crippen LogP contribution in [-0.4, -0.2) is 9.55 Å². The van der Waals surface area contributed by atoms with Gasteiger partial charge in [0.15, 0.2) is 0 Å². The van der Waals surface area contributed by atoms with Gasteiger partial charge in [0.05, 0.1) is 17.0 Å². The first-order valence-electron chi connectivity index (χ1n) is 4.22. The first kappa shape index (κ1) is 9.52. The molecule has 0 saturated heterocycles. The summed E-state index contributed by atoms with van der Waals surface area (Å²) in [6, 6.07) is 0. The van der Waals surface area contributed by atoms with Crippen LogP contribution in [0, 0.1) is 0 Å². The third kappa shape index (κ3) is 2.18. The van der Waals surface area contributed by atoms with Gasteiger partial charge in [-0.3, -0.25) is 0 Å². The maximum absolute atomic E-state index is 4.23. The van der Waals surface area contributed by atoms with Crippen LogP contribution in [0.25, 0.3) is 12.2 Å². The summed E-state index contributed by atoms with van der Waals surface area (Å²) >= 11 is 0. The number of aryl methyl sites for hydroxylation is 1. The van der Waals surface area contributed by atoms with Crippen molar-refractivity contribution in [3.8, 4) is 0 Å². The van der Waals surface area contributed by atoms with Crippen molar-refractivity contribution in [2.24, 2.45) is 7.05 Å². The highest BCUT2D eigenvalue weighted by atomic mass is 15.0. The van der Waals surface area contributed by atoms with E-state index in [1.165, 1.54) is 0 Å². The van der Waals surface area contributed by atoms with Crippen molar-refractivity contribution in [2.45, 2.75) is 6.92 Å². The second kappa shape index (κ2) is 4.45. The van der Waals surface area contributed by atoms with E-state index in [0.29, 0.717) is 0 Å². The van der Waals surface area contributed by atoms with E-state index >= 15 is 0 Å². The molecule has 0 atom stereocenters. The van der Waals surface area contributed by atoms with Gasteiger partial charge < -0.3 is 4.57 Å². The van der Waals surface area contributed by atoms with Crippen LogP contribution >= 0.6 is 0 Å². The second-order valence-electron chi connectivity index (χ2n) is 2.72. The highest BCUT2D eigenvalue weighted by molar-refractivity contribution is 5.39. The van der Waals surface area contributed by atoms with Crippen LogP contribution in [0.15, 0.2) is 31.1 Å². The Hall–Kier alpha value is -1.57. The average Bonchev–Trinajstić information content (AvgIpc) is 2.45. The van der Waals surface area contributed by atoms with Crippen molar-refractivity contribution >= 4 is 12.2 Å². The Morgan fingerprint density at radius 2 is 2.23 bits per heavy atom. The Labute approximate surface area is 78.2 Å². The second-order valence-corrected chi connectivity index (χ2v) is 2.72. The summed E-state index contributed by atoms with van der Waals surface area (Å²) in [6.45, 7) is 5.64. The van der Waals surface area contributed by atoms with Crippen molar-refractivity contribution in [3.63, 3.8) is 0 Å². The molecule has 1 rings (SSSR count). The topological polar surface area (TPSA) is 17.8 Å². The van der Waals surface area contributed by atoms with E-state index in [2.05, 4.69) is 11.6 Å². The third-order valence-corrected chi connectivity index (χ3v) is 1.73. The van der Waals surface area contributed by atoms with Gasteiger partial charge in [0.25, 0.3) is 0 Å². The Balaban J connectivity index is 3.40. The Morgan fingerprint density at radius 1 is 1.46 bits per heavy atom. The highest BCUT2D eigenvalue weighted by Gasteiger charge is 1.88. The Kier molecular flexibility index (Phi) is 3.26. The van der Waals surface area contributed by atoms with Crippen LogP contribution in [0.5, 0.6) is 0 Å². The van der Waals surface area contributed by atoms with Gasteiger partial charge in [-0.05, 0) is 19.1 Å². The van der Waals surface area contributed by atoms with Gasteiger partial charge in [0.1, 0.15) is 0 Å². The molecule has 0 amide bonds.